The van der Waals surface area contributed by atoms with E-state index >= 15 is 0 Å². The minimum atomic E-state index is -0.427. The maximum absolute atomic E-state index is 13.3. The second-order valence-corrected chi connectivity index (χ2v) is 6.69. The molecule has 0 unspecified atom stereocenters. The largest absolute Gasteiger partial charge is 2.00 e. The van der Waals surface area contributed by atoms with Crippen LogP contribution in [0.5, 0.6) is 17.2 Å². The molecule has 0 saturated carbocycles. The van der Waals surface area contributed by atoms with Crippen molar-refractivity contribution >= 4 is 27.8 Å². The number of nitrogens with zero attached hydrogens (tertiary/aromatic N) is 1. The van der Waals surface area contributed by atoms with Gasteiger partial charge in [0.2, 0.25) is 11.5 Å². The number of ketones is 1. The summed E-state index contributed by atoms with van der Waals surface area (Å²) in [6.07, 6.45) is 3.01. The number of halogens is 1. The molecule has 11 heteroatoms. The van der Waals surface area contributed by atoms with E-state index in [1.54, 1.807) is 18.3 Å². The number of fused-ring (bicyclic) bond motifs is 2. The van der Waals surface area contributed by atoms with Crippen LogP contribution in [0.4, 0.5) is 0 Å². The van der Waals surface area contributed by atoms with Crippen LogP contribution in [-0.4, -0.2) is 45.5 Å². The van der Waals surface area contributed by atoms with Crippen molar-refractivity contribution in [3.63, 3.8) is 0 Å². The Labute approximate surface area is 206 Å². The predicted molar refractivity (Wildman–Crippen MR) is 114 cm³/mol. The number of phenols is 1. The molecule has 0 spiro atoms. The number of aromatic amines is 2. The summed E-state index contributed by atoms with van der Waals surface area (Å²) < 4.78 is 16.1. The molecule has 33 heavy (non-hydrogen) atoms. The number of H-pyrrole nitrogens is 2. The summed E-state index contributed by atoms with van der Waals surface area (Å²) in [5, 5.41) is 11.3. The Bertz CT molecular complexity index is 1390. The fourth-order valence-corrected chi connectivity index (χ4v) is 3.63. The van der Waals surface area contributed by atoms with Crippen LogP contribution in [0.25, 0.3) is 33.5 Å². The summed E-state index contributed by atoms with van der Waals surface area (Å²) in [6, 6.07) is 11.0. The van der Waals surface area contributed by atoms with Gasteiger partial charge in [0.1, 0.15) is 11.3 Å². The van der Waals surface area contributed by atoms with Crippen LogP contribution in [-0.2, 0) is 19.5 Å². The fourth-order valence-electron chi connectivity index (χ4n) is 3.63. The molecule has 5 N–H and O–H groups in total. The van der Waals surface area contributed by atoms with Gasteiger partial charge in [-0.1, -0.05) is 12.1 Å². The number of hydrogen-bond donors (Lipinski definition) is 3. The molecule has 0 fully saturated rings. The number of phenolic OH excluding ortho intramolecular Hbond substituents is 1. The third-order valence-electron chi connectivity index (χ3n) is 5.02. The maximum atomic E-state index is 13.3. The SMILES string of the molecule is COc1c(C(=O)c2c[nH]c(-c3nc4ccccc4[nH]3)c2)c(O)c(OC)c2occc12.O.[Cl-].[Zn+2]. The minimum absolute atomic E-state index is 0. The summed E-state index contributed by atoms with van der Waals surface area (Å²) >= 11 is 0. The Morgan fingerprint density at radius 1 is 1.12 bits per heavy atom. The molecule has 0 saturated heterocycles. The smallest absolute Gasteiger partial charge is 1.00 e. The molecule has 3 heterocycles. The van der Waals surface area contributed by atoms with Gasteiger partial charge in [-0.2, -0.15) is 0 Å². The second-order valence-electron chi connectivity index (χ2n) is 6.69. The van der Waals surface area contributed by atoms with Gasteiger partial charge in [0, 0.05) is 11.8 Å². The average Bonchev–Trinajstić information content (AvgIpc) is 3.50. The summed E-state index contributed by atoms with van der Waals surface area (Å²) in [5.74, 6) is 0.132. The van der Waals surface area contributed by atoms with Gasteiger partial charge in [-0.15, -0.1) is 0 Å². The standard InChI is InChI=1S/C22H17N3O5.ClH.H2O.Zn/c1-28-19-12-7-8-30-20(12)21(29-2)18(27)16(19)17(26)11-9-15(23-10-11)22-24-13-5-3-4-6-14(13)25-22;;;/h3-10,23,27H,1-2H3,(H,24,25);1H;1H2;/q;;;+2/p-1. The van der Waals surface area contributed by atoms with Crippen LogP contribution in [0, 0.1) is 0 Å². The molecular weight excluding hydrogens is 503 g/mol. The van der Waals surface area contributed by atoms with Crippen LogP contribution in [0.2, 0.25) is 0 Å². The molecule has 3 aromatic heterocycles. The molecule has 2 aromatic carbocycles. The van der Waals surface area contributed by atoms with E-state index in [9.17, 15) is 9.90 Å². The normalized spacial score (nSPS) is 10.2. The van der Waals surface area contributed by atoms with E-state index in [1.807, 2.05) is 24.3 Å². The first-order chi connectivity index (χ1) is 14.6. The Morgan fingerprint density at radius 3 is 2.55 bits per heavy atom. The molecule has 0 atom stereocenters. The fraction of sp³-hybridized carbons (Fsp3) is 0.0909. The first kappa shape index (κ1) is 25.9. The summed E-state index contributed by atoms with van der Waals surface area (Å²) in [7, 11) is 2.83. The Hall–Kier alpha value is -3.33. The van der Waals surface area contributed by atoms with Crippen molar-refractivity contribution in [2.24, 2.45) is 0 Å². The molecule has 166 valence electrons. The zero-order valence-corrected chi connectivity index (χ0v) is 21.5. The number of para-hydroxylation sites is 2. The molecule has 0 amide bonds. The van der Waals surface area contributed by atoms with Gasteiger partial charge in [-0.05, 0) is 24.3 Å². The topological polar surface area (TPSA) is 145 Å². The molecular formula is C22H19ClN3O6Zn+. The van der Waals surface area contributed by atoms with Gasteiger partial charge < -0.3 is 46.8 Å². The van der Waals surface area contributed by atoms with Gasteiger partial charge in [0.15, 0.2) is 17.2 Å². The summed E-state index contributed by atoms with van der Waals surface area (Å²) in [4.78, 5) is 24.1. The van der Waals surface area contributed by atoms with Crippen molar-refractivity contribution < 1.29 is 61.2 Å². The number of aromatic hydroxyl groups is 1. The summed E-state index contributed by atoms with van der Waals surface area (Å²) in [6.45, 7) is 0. The zero-order valence-electron chi connectivity index (χ0n) is 17.7. The van der Waals surface area contributed by atoms with Gasteiger partial charge in [-0.3, -0.25) is 4.79 Å². The van der Waals surface area contributed by atoms with Gasteiger partial charge in [0.25, 0.3) is 0 Å². The van der Waals surface area contributed by atoms with E-state index in [0.29, 0.717) is 28.1 Å². The molecule has 0 bridgehead atoms. The van der Waals surface area contributed by atoms with E-state index in [0.717, 1.165) is 11.0 Å². The molecule has 0 aliphatic carbocycles. The number of benzene rings is 2. The number of aromatic nitrogens is 3. The monoisotopic (exact) mass is 520 g/mol. The first-order valence-electron chi connectivity index (χ1n) is 9.14. The van der Waals surface area contributed by atoms with Crippen LogP contribution in [0.15, 0.2) is 53.3 Å². The number of carbonyl (C=O) groups excluding carboxylic acids is 1. The predicted octanol–water partition coefficient (Wildman–Crippen LogP) is 0.435. The van der Waals surface area contributed by atoms with Crippen molar-refractivity contribution in [2.45, 2.75) is 0 Å². The second kappa shape index (κ2) is 10.1. The number of methoxy groups -OCH3 is 2. The maximum Gasteiger partial charge on any atom is 2.00 e. The minimum Gasteiger partial charge on any atom is -1.00 e. The third kappa shape index (κ3) is 4.08. The Morgan fingerprint density at radius 2 is 1.85 bits per heavy atom. The van der Waals surface area contributed by atoms with Crippen molar-refractivity contribution in [2.75, 3.05) is 14.2 Å². The Kier molecular flexibility index (Phi) is 7.92. The van der Waals surface area contributed by atoms with Gasteiger partial charge in [0.05, 0.1) is 42.6 Å². The number of imidazole rings is 1. The first-order valence-corrected chi connectivity index (χ1v) is 9.14. The molecule has 0 aliphatic rings. The third-order valence-corrected chi connectivity index (χ3v) is 5.02. The Balaban J connectivity index is 0.00000128. The van der Waals surface area contributed by atoms with Crippen molar-refractivity contribution in [3.8, 4) is 28.8 Å². The van der Waals surface area contributed by atoms with Gasteiger partial charge in [-0.25, -0.2) is 4.98 Å². The summed E-state index contributed by atoms with van der Waals surface area (Å²) in [5.41, 5.74) is 3.00. The van der Waals surface area contributed by atoms with E-state index < -0.39 is 5.78 Å². The molecule has 5 rings (SSSR count). The zero-order chi connectivity index (χ0) is 20.8. The number of carbonyl (C=O) groups is 1. The number of rotatable bonds is 5. The van der Waals surface area contributed by atoms with Crippen LogP contribution >= 0.6 is 0 Å². The van der Waals surface area contributed by atoms with Crippen LogP contribution in [0.3, 0.4) is 0 Å². The quantitative estimate of drug-likeness (QED) is 0.226. The average molecular weight is 522 g/mol. The molecule has 0 radical (unpaired) electrons. The number of hydrogen-bond acceptors (Lipinski definition) is 6. The molecule has 5 aromatic rings. The number of furan rings is 1. The number of nitrogens with one attached hydrogen (secondary N) is 2. The number of ether oxygens (including phenoxy) is 2. The van der Waals surface area contributed by atoms with Crippen molar-refractivity contribution in [1.29, 1.82) is 0 Å². The van der Waals surface area contributed by atoms with Crippen molar-refractivity contribution in [1.82, 2.24) is 15.0 Å². The molecule has 0 aliphatic heterocycles. The van der Waals surface area contributed by atoms with E-state index in [-0.39, 0.29) is 60.2 Å². The molecule has 9 nitrogen and oxygen atoms in total. The van der Waals surface area contributed by atoms with E-state index in [1.165, 1.54) is 20.5 Å². The van der Waals surface area contributed by atoms with Crippen LogP contribution in [0.1, 0.15) is 15.9 Å². The van der Waals surface area contributed by atoms with E-state index in [2.05, 4.69) is 15.0 Å². The van der Waals surface area contributed by atoms with Crippen molar-refractivity contribution in [3.05, 3.63) is 60.0 Å². The van der Waals surface area contributed by atoms with Gasteiger partial charge >= 0.3 is 19.5 Å². The van der Waals surface area contributed by atoms with Crippen LogP contribution < -0.4 is 21.9 Å². The van der Waals surface area contributed by atoms with E-state index in [4.69, 9.17) is 13.9 Å².